The first-order valence-electron chi connectivity index (χ1n) is 5.56. The Morgan fingerprint density at radius 1 is 1.50 bits per heavy atom. The summed E-state index contributed by atoms with van der Waals surface area (Å²) in [7, 11) is 1.57. The number of hydrazone groups is 1. The molecule has 1 rings (SSSR count). The fraction of sp³-hybridized carbons (Fsp3) is 0.333. The highest BCUT2D eigenvalue weighted by atomic mass is 16.5. The predicted molar refractivity (Wildman–Crippen MR) is 69.1 cm³/mol. The van der Waals surface area contributed by atoms with Crippen molar-refractivity contribution in [1.82, 2.24) is 5.43 Å². The van der Waals surface area contributed by atoms with Gasteiger partial charge < -0.3 is 15.2 Å². The van der Waals surface area contributed by atoms with E-state index >= 15 is 0 Å². The Hall–Kier alpha value is -2.24. The summed E-state index contributed by atoms with van der Waals surface area (Å²) in [6.45, 7) is 2.66. The maximum absolute atomic E-state index is 10.4. The van der Waals surface area contributed by atoms with Gasteiger partial charge in [-0.15, -0.1) is 0 Å². The lowest BCUT2D eigenvalue weighted by Gasteiger charge is -2.10. The van der Waals surface area contributed by atoms with Gasteiger partial charge in [-0.1, -0.05) is 6.92 Å². The second-order valence-corrected chi connectivity index (χ2v) is 3.49. The molecule has 0 fully saturated rings. The van der Waals surface area contributed by atoms with Crippen LogP contribution in [0.1, 0.15) is 18.9 Å². The van der Waals surface area contributed by atoms with Crippen molar-refractivity contribution < 1.29 is 14.3 Å². The quantitative estimate of drug-likeness (QED) is 0.593. The molecule has 0 saturated carbocycles. The molecule has 0 aliphatic carbocycles. The van der Waals surface area contributed by atoms with Gasteiger partial charge in [0, 0.05) is 0 Å². The number of urea groups is 1. The zero-order valence-electron chi connectivity index (χ0n) is 10.5. The number of amides is 2. The first-order chi connectivity index (χ1) is 8.67. The zero-order chi connectivity index (χ0) is 13.4. The number of benzene rings is 1. The molecule has 6 heteroatoms. The number of carbonyl (C=O) groups excluding carboxylic acids is 1. The summed E-state index contributed by atoms with van der Waals surface area (Å²) in [5.74, 6) is 1.30. The minimum Gasteiger partial charge on any atom is -0.493 e. The molecule has 0 atom stereocenters. The highest BCUT2D eigenvalue weighted by Crippen LogP contribution is 2.27. The average Bonchev–Trinajstić information content (AvgIpc) is 2.36. The van der Waals surface area contributed by atoms with Crippen molar-refractivity contribution in [1.29, 1.82) is 0 Å². The lowest BCUT2D eigenvalue weighted by molar-refractivity contribution is 0.249. The molecular weight excluding hydrogens is 234 g/mol. The average molecular weight is 251 g/mol. The van der Waals surface area contributed by atoms with Crippen molar-refractivity contribution in [2.24, 2.45) is 10.8 Å². The Morgan fingerprint density at radius 3 is 2.89 bits per heavy atom. The molecule has 0 saturated heterocycles. The molecule has 18 heavy (non-hydrogen) atoms. The second kappa shape index (κ2) is 7.16. The Labute approximate surface area is 106 Å². The van der Waals surface area contributed by atoms with E-state index in [9.17, 15) is 4.79 Å². The molecule has 98 valence electrons. The van der Waals surface area contributed by atoms with Gasteiger partial charge in [-0.2, -0.15) is 5.10 Å². The molecule has 0 aliphatic heterocycles. The van der Waals surface area contributed by atoms with Crippen LogP contribution in [0.3, 0.4) is 0 Å². The molecule has 0 aliphatic rings. The number of primary amides is 1. The third kappa shape index (κ3) is 4.32. The normalized spacial score (nSPS) is 10.3. The van der Waals surface area contributed by atoms with Crippen molar-refractivity contribution in [3.05, 3.63) is 23.8 Å². The fourth-order valence-corrected chi connectivity index (χ4v) is 1.27. The van der Waals surface area contributed by atoms with Gasteiger partial charge in [0.25, 0.3) is 0 Å². The minimum atomic E-state index is -0.707. The smallest absolute Gasteiger partial charge is 0.332 e. The highest BCUT2D eigenvalue weighted by molar-refractivity contribution is 5.82. The van der Waals surface area contributed by atoms with Gasteiger partial charge in [-0.25, -0.2) is 10.2 Å². The second-order valence-electron chi connectivity index (χ2n) is 3.49. The standard InChI is InChI=1S/C12H17N3O3/c1-3-6-18-10-5-4-9(7-11(10)17-2)8-14-15-12(13)16/h4-5,7-8H,3,6H2,1-2H3,(H3,13,15,16)/b14-8-. The zero-order valence-corrected chi connectivity index (χ0v) is 10.5. The number of methoxy groups -OCH3 is 1. The van der Waals surface area contributed by atoms with E-state index in [1.165, 1.54) is 6.21 Å². The van der Waals surface area contributed by atoms with Crippen LogP contribution in [0.4, 0.5) is 4.79 Å². The van der Waals surface area contributed by atoms with Crippen molar-refractivity contribution in [2.45, 2.75) is 13.3 Å². The van der Waals surface area contributed by atoms with Gasteiger partial charge in [0.15, 0.2) is 11.5 Å². The Balaban J connectivity index is 2.77. The summed E-state index contributed by atoms with van der Waals surface area (Å²) in [6, 6.07) is 4.65. The van der Waals surface area contributed by atoms with Gasteiger partial charge in [0.2, 0.25) is 0 Å². The van der Waals surface area contributed by atoms with Crippen LogP contribution in [-0.4, -0.2) is 26.0 Å². The van der Waals surface area contributed by atoms with E-state index in [-0.39, 0.29) is 0 Å². The largest absolute Gasteiger partial charge is 0.493 e. The van der Waals surface area contributed by atoms with Crippen LogP contribution in [0.15, 0.2) is 23.3 Å². The number of nitrogens with one attached hydrogen (secondary N) is 1. The Bertz CT molecular complexity index is 433. The van der Waals surface area contributed by atoms with Crippen LogP contribution in [0.25, 0.3) is 0 Å². The van der Waals surface area contributed by atoms with Gasteiger partial charge in [0.05, 0.1) is 19.9 Å². The number of nitrogens with two attached hydrogens (primary N) is 1. The highest BCUT2D eigenvalue weighted by Gasteiger charge is 2.04. The third-order valence-corrected chi connectivity index (χ3v) is 2.04. The summed E-state index contributed by atoms with van der Waals surface area (Å²) in [5, 5.41) is 3.66. The molecule has 0 spiro atoms. The molecule has 0 bridgehead atoms. The lowest BCUT2D eigenvalue weighted by Crippen LogP contribution is -2.24. The van der Waals surface area contributed by atoms with Crippen molar-refractivity contribution in [3.63, 3.8) is 0 Å². The number of hydrogen-bond donors (Lipinski definition) is 2. The van der Waals surface area contributed by atoms with Crippen molar-refractivity contribution >= 4 is 12.2 Å². The van der Waals surface area contributed by atoms with Crippen LogP contribution in [-0.2, 0) is 0 Å². The van der Waals surface area contributed by atoms with Crippen LogP contribution in [0, 0.1) is 0 Å². The molecule has 0 unspecified atom stereocenters. The molecule has 1 aromatic carbocycles. The molecular formula is C12H17N3O3. The summed E-state index contributed by atoms with van der Waals surface area (Å²) in [4.78, 5) is 10.4. The summed E-state index contributed by atoms with van der Waals surface area (Å²) >= 11 is 0. The minimum absolute atomic E-state index is 0.617. The maximum atomic E-state index is 10.4. The SMILES string of the molecule is CCCOc1ccc(/C=N\NC(N)=O)cc1OC. The Morgan fingerprint density at radius 2 is 2.28 bits per heavy atom. The molecule has 3 N–H and O–H groups in total. The molecule has 0 radical (unpaired) electrons. The van der Waals surface area contributed by atoms with E-state index in [0.29, 0.717) is 18.1 Å². The number of hydrogen-bond acceptors (Lipinski definition) is 4. The van der Waals surface area contributed by atoms with E-state index in [1.807, 2.05) is 6.92 Å². The summed E-state index contributed by atoms with van der Waals surface area (Å²) < 4.78 is 10.7. The molecule has 0 heterocycles. The maximum Gasteiger partial charge on any atom is 0.332 e. The number of carbonyl (C=O) groups is 1. The van der Waals surface area contributed by atoms with E-state index in [0.717, 1.165) is 12.0 Å². The van der Waals surface area contributed by atoms with Crippen molar-refractivity contribution in [3.8, 4) is 11.5 Å². The van der Waals surface area contributed by atoms with Crippen LogP contribution in [0.2, 0.25) is 0 Å². The molecule has 6 nitrogen and oxygen atoms in total. The van der Waals surface area contributed by atoms with Gasteiger partial charge in [-0.3, -0.25) is 0 Å². The lowest BCUT2D eigenvalue weighted by atomic mass is 10.2. The monoisotopic (exact) mass is 251 g/mol. The fourth-order valence-electron chi connectivity index (χ4n) is 1.27. The summed E-state index contributed by atoms with van der Waals surface area (Å²) in [5.41, 5.74) is 7.77. The Kier molecular flexibility index (Phi) is 5.50. The predicted octanol–water partition coefficient (Wildman–Crippen LogP) is 1.49. The van der Waals surface area contributed by atoms with E-state index in [2.05, 4.69) is 10.5 Å². The third-order valence-electron chi connectivity index (χ3n) is 2.04. The topological polar surface area (TPSA) is 85.9 Å². The molecule has 0 aromatic heterocycles. The summed E-state index contributed by atoms with van der Waals surface area (Å²) in [6.07, 6.45) is 2.39. The van der Waals surface area contributed by atoms with Crippen LogP contribution in [0.5, 0.6) is 11.5 Å². The van der Waals surface area contributed by atoms with Crippen molar-refractivity contribution in [2.75, 3.05) is 13.7 Å². The van der Waals surface area contributed by atoms with Gasteiger partial charge >= 0.3 is 6.03 Å². The van der Waals surface area contributed by atoms with Gasteiger partial charge in [-0.05, 0) is 30.2 Å². The van der Waals surface area contributed by atoms with E-state index < -0.39 is 6.03 Å². The number of ether oxygens (including phenoxy) is 2. The van der Waals surface area contributed by atoms with Gasteiger partial charge in [0.1, 0.15) is 0 Å². The molecule has 2 amide bonds. The first kappa shape index (κ1) is 13.8. The molecule has 1 aromatic rings. The first-order valence-corrected chi connectivity index (χ1v) is 5.56. The van der Waals surface area contributed by atoms with Crippen LogP contribution >= 0.6 is 0 Å². The number of nitrogens with zero attached hydrogens (tertiary/aromatic N) is 1. The van der Waals surface area contributed by atoms with E-state index in [4.69, 9.17) is 15.2 Å². The number of rotatable bonds is 6. The van der Waals surface area contributed by atoms with E-state index in [1.54, 1.807) is 25.3 Å². The van der Waals surface area contributed by atoms with Crippen LogP contribution < -0.4 is 20.6 Å².